The summed E-state index contributed by atoms with van der Waals surface area (Å²) < 4.78 is 0. The number of carboxylic acids is 1. The van der Waals surface area contributed by atoms with E-state index in [0.29, 0.717) is 16.4 Å². The lowest BCUT2D eigenvalue weighted by molar-refractivity contribution is 0.0689. The molecule has 0 radical (unpaired) electrons. The Morgan fingerprint density at radius 3 is 2.05 bits per heavy atom. The van der Waals surface area contributed by atoms with E-state index >= 15 is 0 Å². The zero-order valence-corrected chi connectivity index (χ0v) is 12.8. The zero-order chi connectivity index (χ0) is 16.0. The van der Waals surface area contributed by atoms with Crippen LogP contribution in [-0.2, 0) is 0 Å². The molecule has 108 valence electrons. The summed E-state index contributed by atoms with van der Waals surface area (Å²) in [5.41, 5.74) is 1.87. The number of aryl methyl sites for hydroxylation is 2. The smallest absolute Gasteiger partial charge is 0.354 e. The van der Waals surface area contributed by atoms with Crippen molar-refractivity contribution < 1.29 is 9.90 Å². The van der Waals surface area contributed by atoms with Gasteiger partial charge in [0, 0.05) is 0 Å². The van der Waals surface area contributed by atoms with Gasteiger partial charge in [-0.25, -0.2) is 14.8 Å². The van der Waals surface area contributed by atoms with E-state index in [1.807, 2.05) is 13.0 Å². The second-order valence-electron chi connectivity index (χ2n) is 4.02. The molecule has 0 aromatic carbocycles. The second kappa shape index (κ2) is 7.58. The van der Waals surface area contributed by atoms with E-state index in [0.717, 1.165) is 5.56 Å². The molecule has 0 saturated carbocycles. The third-order valence-electron chi connectivity index (χ3n) is 2.43. The Bertz CT molecular complexity index is 712. The molecule has 0 atom stereocenters. The second-order valence-corrected chi connectivity index (χ2v) is 4.79. The average Bonchev–Trinajstić information content (AvgIpc) is 2.44. The maximum Gasteiger partial charge on any atom is 0.354 e. The minimum absolute atomic E-state index is 0.0116. The highest BCUT2D eigenvalue weighted by molar-refractivity contribution is 6.29. The van der Waals surface area contributed by atoms with Crippen molar-refractivity contribution in [3.8, 4) is 6.07 Å². The number of carbonyl (C=O) groups is 1. The minimum atomic E-state index is -1.05. The number of aromatic carboxylic acids is 1. The number of rotatable bonds is 1. The first kappa shape index (κ1) is 16.9. The summed E-state index contributed by atoms with van der Waals surface area (Å²) in [6, 6.07) is 8.56. The molecule has 5 nitrogen and oxygen atoms in total. The molecular weight excluding hydrogens is 313 g/mol. The molecule has 1 N–H and O–H groups in total. The fourth-order valence-corrected chi connectivity index (χ4v) is 1.63. The number of nitrogens with zero attached hydrogens (tertiary/aromatic N) is 3. The predicted molar refractivity (Wildman–Crippen MR) is 79.6 cm³/mol. The molecule has 0 amide bonds. The number of hydrogen-bond donors (Lipinski definition) is 1. The van der Waals surface area contributed by atoms with Crippen molar-refractivity contribution in [2.24, 2.45) is 0 Å². The van der Waals surface area contributed by atoms with Gasteiger partial charge >= 0.3 is 5.97 Å². The quantitative estimate of drug-likeness (QED) is 0.809. The van der Waals surface area contributed by atoms with Crippen molar-refractivity contribution in [1.29, 1.82) is 5.26 Å². The van der Waals surface area contributed by atoms with Crippen LogP contribution in [0.3, 0.4) is 0 Å². The van der Waals surface area contributed by atoms with Crippen LogP contribution in [0.25, 0.3) is 0 Å². The summed E-state index contributed by atoms with van der Waals surface area (Å²) in [5.74, 6) is -1.05. The van der Waals surface area contributed by atoms with Crippen LogP contribution < -0.4 is 0 Å². The van der Waals surface area contributed by atoms with Crippen LogP contribution in [0.1, 0.15) is 27.3 Å². The molecule has 2 rings (SSSR count). The molecule has 0 aliphatic heterocycles. The molecule has 0 aliphatic rings. The Morgan fingerprint density at radius 1 is 1.10 bits per heavy atom. The van der Waals surface area contributed by atoms with Crippen molar-refractivity contribution in [1.82, 2.24) is 9.97 Å². The van der Waals surface area contributed by atoms with Crippen LogP contribution >= 0.6 is 23.2 Å². The Hall–Kier alpha value is -2.16. The summed E-state index contributed by atoms with van der Waals surface area (Å²) in [6.45, 7) is 3.49. The largest absolute Gasteiger partial charge is 0.477 e. The summed E-state index contributed by atoms with van der Waals surface area (Å²) in [6.07, 6.45) is 0. The average molecular weight is 324 g/mol. The van der Waals surface area contributed by atoms with Gasteiger partial charge in [0.25, 0.3) is 0 Å². The number of hydrogen-bond acceptors (Lipinski definition) is 4. The molecule has 7 heteroatoms. The van der Waals surface area contributed by atoms with E-state index in [-0.39, 0.29) is 10.8 Å². The number of pyridine rings is 2. The van der Waals surface area contributed by atoms with Crippen molar-refractivity contribution in [2.45, 2.75) is 13.8 Å². The van der Waals surface area contributed by atoms with Gasteiger partial charge in [0.2, 0.25) is 0 Å². The van der Waals surface area contributed by atoms with Crippen molar-refractivity contribution in [2.75, 3.05) is 0 Å². The van der Waals surface area contributed by atoms with E-state index in [4.69, 9.17) is 33.6 Å². The minimum Gasteiger partial charge on any atom is -0.477 e. The lowest BCUT2D eigenvalue weighted by Gasteiger charge is -1.97. The maximum absolute atomic E-state index is 10.5. The van der Waals surface area contributed by atoms with Crippen LogP contribution in [0.5, 0.6) is 0 Å². The molecule has 0 saturated heterocycles. The monoisotopic (exact) mass is 323 g/mol. The van der Waals surface area contributed by atoms with Crippen LogP contribution in [0.15, 0.2) is 24.3 Å². The lowest BCUT2D eigenvalue weighted by Crippen LogP contribution is -2.02. The Morgan fingerprint density at radius 2 is 1.62 bits per heavy atom. The van der Waals surface area contributed by atoms with Gasteiger partial charge in [0.15, 0.2) is 5.69 Å². The molecule has 2 aromatic rings. The van der Waals surface area contributed by atoms with Crippen LogP contribution in [0, 0.1) is 25.2 Å². The Balaban J connectivity index is 0.000000211. The first-order valence-electron chi connectivity index (χ1n) is 5.75. The fourth-order valence-electron chi connectivity index (χ4n) is 1.34. The van der Waals surface area contributed by atoms with Crippen LogP contribution in [-0.4, -0.2) is 21.0 Å². The molecule has 2 heterocycles. The van der Waals surface area contributed by atoms with Crippen LogP contribution in [0.4, 0.5) is 0 Å². The predicted octanol–water partition coefficient (Wildman–Crippen LogP) is 3.66. The lowest BCUT2D eigenvalue weighted by atomic mass is 10.2. The zero-order valence-electron chi connectivity index (χ0n) is 11.3. The van der Waals surface area contributed by atoms with Gasteiger partial charge in [0.05, 0.1) is 0 Å². The van der Waals surface area contributed by atoms with Gasteiger partial charge < -0.3 is 5.11 Å². The standard InChI is InChI=1S/C7H5ClN2.C7H6ClNO2/c1-5-2-3-7(8)10-6(5)4-9;1-4-2-3-5(8)9-6(4)7(10)11/h2-3H,1H3;2-3H,1H3,(H,10,11). The summed E-state index contributed by atoms with van der Waals surface area (Å²) in [7, 11) is 0. The van der Waals surface area contributed by atoms with Gasteiger partial charge in [-0.2, -0.15) is 5.26 Å². The Kier molecular flexibility index (Phi) is 6.10. The summed E-state index contributed by atoms with van der Waals surface area (Å²) in [5, 5.41) is 17.6. The SMILES string of the molecule is Cc1ccc(Cl)nc1C#N.Cc1ccc(Cl)nc1C(=O)O. The van der Waals surface area contributed by atoms with E-state index in [1.54, 1.807) is 31.2 Å². The maximum atomic E-state index is 10.5. The summed E-state index contributed by atoms with van der Waals surface area (Å²) in [4.78, 5) is 17.9. The molecule has 0 bridgehead atoms. The molecule has 21 heavy (non-hydrogen) atoms. The molecule has 0 unspecified atom stereocenters. The molecule has 0 aliphatic carbocycles. The molecule has 0 fully saturated rings. The van der Waals surface area contributed by atoms with Gasteiger partial charge in [-0.15, -0.1) is 0 Å². The molecule has 0 spiro atoms. The van der Waals surface area contributed by atoms with Gasteiger partial charge in [-0.1, -0.05) is 35.3 Å². The van der Waals surface area contributed by atoms with E-state index in [9.17, 15) is 4.79 Å². The van der Waals surface area contributed by atoms with E-state index in [1.165, 1.54) is 0 Å². The first-order valence-corrected chi connectivity index (χ1v) is 6.50. The molecular formula is C14H11Cl2N3O2. The number of nitriles is 1. The highest BCUT2D eigenvalue weighted by Gasteiger charge is 2.08. The van der Waals surface area contributed by atoms with Gasteiger partial charge in [0.1, 0.15) is 22.1 Å². The number of carboxylic acid groups (broad SMARTS) is 1. The van der Waals surface area contributed by atoms with Crippen molar-refractivity contribution in [3.63, 3.8) is 0 Å². The number of aromatic nitrogens is 2. The highest BCUT2D eigenvalue weighted by atomic mass is 35.5. The van der Waals surface area contributed by atoms with Gasteiger partial charge in [-0.3, -0.25) is 0 Å². The van der Waals surface area contributed by atoms with Gasteiger partial charge in [-0.05, 0) is 37.1 Å². The topological polar surface area (TPSA) is 86.9 Å². The first-order chi connectivity index (χ1) is 9.85. The fraction of sp³-hybridized carbons (Fsp3) is 0.143. The summed E-state index contributed by atoms with van der Waals surface area (Å²) >= 11 is 11.0. The molecule has 2 aromatic heterocycles. The van der Waals surface area contributed by atoms with Crippen LogP contribution in [0.2, 0.25) is 10.3 Å². The van der Waals surface area contributed by atoms with Crippen molar-refractivity contribution >= 4 is 29.2 Å². The number of halogens is 2. The highest BCUT2D eigenvalue weighted by Crippen LogP contribution is 2.10. The Labute approximate surface area is 131 Å². The van der Waals surface area contributed by atoms with Crippen molar-refractivity contribution in [3.05, 3.63) is 57.1 Å². The third-order valence-corrected chi connectivity index (χ3v) is 2.86. The van der Waals surface area contributed by atoms with E-state index in [2.05, 4.69) is 9.97 Å². The normalized spacial score (nSPS) is 9.29. The van der Waals surface area contributed by atoms with E-state index < -0.39 is 5.97 Å². The third kappa shape index (κ3) is 5.03.